The van der Waals surface area contributed by atoms with Gasteiger partial charge in [-0.05, 0) is 37.8 Å². The molecule has 114 valence electrons. The van der Waals surface area contributed by atoms with Gasteiger partial charge in [-0.2, -0.15) is 0 Å². The molecule has 3 fully saturated rings. The van der Waals surface area contributed by atoms with Crippen LogP contribution in [0.15, 0.2) is 30.3 Å². The van der Waals surface area contributed by atoms with Crippen LogP contribution in [0.3, 0.4) is 0 Å². The number of ether oxygens (including phenoxy) is 1. The third kappa shape index (κ3) is 2.97. The number of aliphatic hydroxyl groups is 1. The SMILES string of the molecule is CN1C2CC(COC(=O)C(CO)c3ccccc3)CC1C2. The highest BCUT2D eigenvalue weighted by Crippen LogP contribution is 2.40. The molecular weight excluding hydrogens is 266 g/mol. The molecule has 2 heterocycles. The standard InChI is InChI=1S/C17H23NO3/c1-18-14-7-12(8-15(18)9-14)11-21-17(20)16(10-19)13-5-3-2-4-6-13/h2-6,12,14-16,19H,7-11H2,1H3. The average Bonchev–Trinajstić information content (AvgIpc) is 2.54. The Labute approximate surface area is 125 Å². The first-order valence-corrected chi connectivity index (χ1v) is 7.73. The fraction of sp³-hybridized carbons (Fsp3) is 0.588. The fourth-order valence-corrected chi connectivity index (χ4v) is 3.64. The maximum atomic E-state index is 12.2. The lowest BCUT2D eigenvalue weighted by atomic mass is 9.74. The van der Waals surface area contributed by atoms with Gasteiger partial charge in [0.15, 0.2) is 0 Å². The number of fused-ring (bicyclic) bond motifs is 2. The molecule has 0 spiro atoms. The molecule has 1 aromatic carbocycles. The Morgan fingerprint density at radius 2 is 1.95 bits per heavy atom. The van der Waals surface area contributed by atoms with Gasteiger partial charge in [0.2, 0.25) is 0 Å². The summed E-state index contributed by atoms with van der Waals surface area (Å²) < 4.78 is 5.48. The van der Waals surface area contributed by atoms with Crippen LogP contribution in [0.2, 0.25) is 0 Å². The Hall–Kier alpha value is -1.39. The normalized spacial score (nSPS) is 29.5. The number of rotatable bonds is 5. The van der Waals surface area contributed by atoms with E-state index in [1.165, 1.54) is 6.42 Å². The summed E-state index contributed by atoms with van der Waals surface area (Å²) in [6, 6.07) is 10.7. The Bertz CT molecular complexity index is 478. The van der Waals surface area contributed by atoms with Crippen LogP contribution in [0, 0.1) is 5.92 Å². The summed E-state index contributed by atoms with van der Waals surface area (Å²) in [5.41, 5.74) is 0.816. The highest BCUT2D eigenvalue weighted by Gasteiger charge is 2.43. The first kappa shape index (κ1) is 14.5. The third-order valence-corrected chi connectivity index (χ3v) is 5.04. The first-order chi connectivity index (χ1) is 10.2. The molecule has 4 nitrogen and oxygen atoms in total. The number of piperidine rings is 1. The molecule has 1 aliphatic carbocycles. The zero-order valence-electron chi connectivity index (χ0n) is 12.4. The smallest absolute Gasteiger partial charge is 0.315 e. The molecule has 0 radical (unpaired) electrons. The summed E-state index contributed by atoms with van der Waals surface area (Å²) in [7, 11) is 2.18. The number of nitrogens with zero attached hydrogens (tertiary/aromatic N) is 1. The lowest BCUT2D eigenvalue weighted by Gasteiger charge is -2.53. The van der Waals surface area contributed by atoms with Crippen molar-refractivity contribution in [2.24, 2.45) is 5.92 Å². The topological polar surface area (TPSA) is 49.8 Å². The number of hydrogen-bond donors (Lipinski definition) is 1. The zero-order chi connectivity index (χ0) is 14.8. The molecule has 1 aromatic rings. The van der Waals surface area contributed by atoms with Crippen LogP contribution < -0.4 is 0 Å². The molecule has 0 aromatic heterocycles. The van der Waals surface area contributed by atoms with E-state index >= 15 is 0 Å². The van der Waals surface area contributed by atoms with E-state index in [4.69, 9.17) is 4.74 Å². The van der Waals surface area contributed by atoms with E-state index in [0.29, 0.717) is 24.6 Å². The van der Waals surface area contributed by atoms with Crippen LogP contribution >= 0.6 is 0 Å². The predicted octanol–water partition coefficient (Wildman–Crippen LogP) is 1.79. The molecule has 4 rings (SSSR count). The van der Waals surface area contributed by atoms with Gasteiger partial charge in [0, 0.05) is 12.1 Å². The van der Waals surface area contributed by atoms with E-state index in [9.17, 15) is 9.90 Å². The minimum absolute atomic E-state index is 0.207. The lowest BCUT2D eigenvalue weighted by molar-refractivity contribution is -0.150. The van der Waals surface area contributed by atoms with Gasteiger partial charge in [-0.15, -0.1) is 0 Å². The molecule has 0 amide bonds. The van der Waals surface area contributed by atoms with E-state index in [2.05, 4.69) is 11.9 Å². The van der Waals surface area contributed by atoms with E-state index < -0.39 is 5.92 Å². The summed E-state index contributed by atoms with van der Waals surface area (Å²) in [4.78, 5) is 14.6. The number of esters is 1. The van der Waals surface area contributed by atoms with Crippen LogP contribution in [-0.4, -0.2) is 48.3 Å². The van der Waals surface area contributed by atoms with Crippen LogP contribution in [0.5, 0.6) is 0 Å². The number of aliphatic hydroxyl groups excluding tert-OH is 1. The zero-order valence-corrected chi connectivity index (χ0v) is 12.4. The maximum absolute atomic E-state index is 12.2. The predicted molar refractivity (Wildman–Crippen MR) is 79.9 cm³/mol. The molecule has 4 heteroatoms. The van der Waals surface area contributed by atoms with Crippen LogP contribution in [0.4, 0.5) is 0 Å². The van der Waals surface area contributed by atoms with E-state index in [1.54, 1.807) is 0 Å². The van der Waals surface area contributed by atoms with Crippen LogP contribution in [0.1, 0.15) is 30.7 Å². The highest BCUT2D eigenvalue weighted by atomic mass is 16.5. The second kappa shape index (κ2) is 6.16. The van der Waals surface area contributed by atoms with Gasteiger partial charge in [0.1, 0.15) is 5.92 Å². The van der Waals surface area contributed by atoms with Crippen molar-refractivity contribution in [2.45, 2.75) is 37.3 Å². The van der Waals surface area contributed by atoms with Gasteiger partial charge in [-0.3, -0.25) is 4.79 Å². The van der Waals surface area contributed by atoms with Crippen LogP contribution in [-0.2, 0) is 9.53 Å². The quantitative estimate of drug-likeness (QED) is 0.840. The second-order valence-electron chi connectivity index (χ2n) is 6.32. The first-order valence-electron chi connectivity index (χ1n) is 7.73. The number of benzene rings is 1. The van der Waals surface area contributed by atoms with Gasteiger partial charge < -0.3 is 14.7 Å². The Kier molecular flexibility index (Phi) is 4.27. The Morgan fingerprint density at radius 3 is 2.52 bits per heavy atom. The summed E-state index contributed by atoms with van der Waals surface area (Å²) in [5.74, 6) is -0.396. The van der Waals surface area contributed by atoms with Gasteiger partial charge >= 0.3 is 5.97 Å². The van der Waals surface area contributed by atoms with Gasteiger partial charge in [-0.1, -0.05) is 30.3 Å². The highest BCUT2D eigenvalue weighted by molar-refractivity contribution is 5.78. The lowest BCUT2D eigenvalue weighted by Crippen LogP contribution is -2.59. The fourth-order valence-electron chi connectivity index (χ4n) is 3.64. The summed E-state index contributed by atoms with van der Waals surface area (Å²) in [5, 5.41) is 9.46. The summed E-state index contributed by atoms with van der Waals surface area (Å²) in [6.45, 7) is 0.282. The van der Waals surface area contributed by atoms with Crippen molar-refractivity contribution in [1.29, 1.82) is 0 Å². The van der Waals surface area contributed by atoms with Crippen molar-refractivity contribution in [1.82, 2.24) is 4.90 Å². The minimum atomic E-state index is -0.563. The van der Waals surface area contributed by atoms with E-state index in [-0.39, 0.29) is 12.6 Å². The Morgan fingerprint density at radius 1 is 1.29 bits per heavy atom. The van der Waals surface area contributed by atoms with Gasteiger partial charge in [-0.25, -0.2) is 0 Å². The van der Waals surface area contributed by atoms with Crippen molar-refractivity contribution in [3.63, 3.8) is 0 Å². The van der Waals surface area contributed by atoms with Crippen molar-refractivity contribution < 1.29 is 14.6 Å². The Balaban J connectivity index is 1.52. The molecule has 2 aliphatic heterocycles. The van der Waals surface area contributed by atoms with E-state index in [0.717, 1.165) is 18.4 Å². The summed E-state index contributed by atoms with van der Waals surface area (Å²) in [6.07, 6.45) is 3.54. The molecule has 2 saturated heterocycles. The molecule has 3 atom stereocenters. The average molecular weight is 289 g/mol. The molecule has 3 aliphatic rings. The third-order valence-electron chi connectivity index (χ3n) is 5.04. The van der Waals surface area contributed by atoms with Crippen molar-refractivity contribution in [3.8, 4) is 0 Å². The number of carbonyl (C=O) groups is 1. The van der Waals surface area contributed by atoms with E-state index in [1.807, 2.05) is 30.3 Å². The molecule has 1 saturated carbocycles. The maximum Gasteiger partial charge on any atom is 0.315 e. The molecule has 21 heavy (non-hydrogen) atoms. The van der Waals surface area contributed by atoms with Crippen molar-refractivity contribution >= 4 is 5.97 Å². The molecule has 1 N–H and O–H groups in total. The second-order valence-corrected chi connectivity index (χ2v) is 6.32. The monoisotopic (exact) mass is 289 g/mol. The summed E-state index contributed by atoms with van der Waals surface area (Å²) >= 11 is 0. The van der Waals surface area contributed by atoms with Crippen molar-refractivity contribution in [2.75, 3.05) is 20.3 Å². The largest absolute Gasteiger partial charge is 0.465 e. The van der Waals surface area contributed by atoms with Crippen molar-refractivity contribution in [3.05, 3.63) is 35.9 Å². The van der Waals surface area contributed by atoms with Crippen LogP contribution in [0.25, 0.3) is 0 Å². The molecule has 3 unspecified atom stereocenters. The van der Waals surface area contributed by atoms with Gasteiger partial charge in [0.05, 0.1) is 13.2 Å². The number of carbonyl (C=O) groups excluding carboxylic acids is 1. The number of hydrogen-bond acceptors (Lipinski definition) is 4. The minimum Gasteiger partial charge on any atom is -0.465 e. The van der Waals surface area contributed by atoms with Gasteiger partial charge in [0.25, 0.3) is 0 Å². The molecular formula is C17H23NO3. The molecule has 2 bridgehead atoms.